The number of carbonyl (C=O) groups excluding carboxylic acids is 2. The summed E-state index contributed by atoms with van der Waals surface area (Å²) >= 11 is 0. The molecule has 0 bridgehead atoms. The first-order chi connectivity index (χ1) is 19.4. The number of hydrogen-bond donors (Lipinski definition) is 2. The molecule has 4 aromatic rings. The van der Waals surface area contributed by atoms with Crippen molar-refractivity contribution in [2.45, 2.75) is 13.0 Å². The maximum Gasteiger partial charge on any atom is 0.330 e. The summed E-state index contributed by atoms with van der Waals surface area (Å²) in [5.74, 6) is 0.0723. The van der Waals surface area contributed by atoms with E-state index in [2.05, 4.69) is 22.2 Å². The lowest BCUT2D eigenvalue weighted by Gasteiger charge is -2.28. The van der Waals surface area contributed by atoms with E-state index in [-0.39, 0.29) is 23.6 Å². The molecule has 0 saturated carbocycles. The Morgan fingerprint density at radius 3 is 2.73 bits per heavy atom. The molecular weight excluding hydrogens is 511 g/mol. The van der Waals surface area contributed by atoms with Crippen LogP contribution in [0.2, 0.25) is 0 Å². The van der Waals surface area contributed by atoms with Crippen molar-refractivity contribution in [3.63, 3.8) is 0 Å². The van der Waals surface area contributed by atoms with Crippen molar-refractivity contribution in [2.24, 2.45) is 0 Å². The van der Waals surface area contributed by atoms with Crippen LogP contribution in [0.5, 0.6) is 5.75 Å². The monoisotopic (exact) mass is 538 g/mol. The number of methoxy groups -OCH3 is 1. The number of ether oxygens (including phenoxy) is 1. The van der Waals surface area contributed by atoms with Gasteiger partial charge < -0.3 is 20.3 Å². The van der Waals surface area contributed by atoms with Gasteiger partial charge in [-0.2, -0.15) is 4.98 Å². The van der Waals surface area contributed by atoms with Gasteiger partial charge in [0.05, 0.1) is 18.5 Å². The van der Waals surface area contributed by atoms with Crippen LogP contribution in [0.15, 0.2) is 91.6 Å². The fraction of sp³-hybridized carbons (Fsp3) is 0.133. The third kappa shape index (κ3) is 5.75. The molecule has 0 fully saturated rings. The number of nitrogens with zero attached hydrogens (tertiary/aromatic N) is 4. The van der Waals surface area contributed by atoms with Crippen LogP contribution in [0.3, 0.4) is 0 Å². The van der Waals surface area contributed by atoms with E-state index in [1.807, 2.05) is 30.3 Å². The summed E-state index contributed by atoms with van der Waals surface area (Å²) in [6.45, 7) is 4.35. The minimum Gasteiger partial charge on any atom is -0.494 e. The predicted octanol–water partition coefficient (Wildman–Crippen LogP) is 5.81. The molecule has 3 amide bonds. The van der Waals surface area contributed by atoms with E-state index in [0.29, 0.717) is 42.4 Å². The van der Waals surface area contributed by atoms with E-state index in [4.69, 9.17) is 9.72 Å². The number of benzene rings is 3. The number of fused-ring (bicyclic) bond motifs is 1. The van der Waals surface area contributed by atoms with Gasteiger partial charge in [-0.15, -0.1) is 0 Å². The summed E-state index contributed by atoms with van der Waals surface area (Å²) in [5, 5.41) is 5.81. The molecule has 0 aliphatic carbocycles. The fourth-order valence-electron chi connectivity index (χ4n) is 4.40. The number of nitrogens with one attached hydrogen (secondary N) is 2. The van der Waals surface area contributed by atoms with Gasteiger partial charge in [0.25, 0.3) is 0 Å². The van der Waals surface area contributed by atoms with E-state index in [1.165, 1.54) is 36.3 Å². The molecule has 0 spiro atoms. The number of amides is 3. The Hall–Kier alpha value is -5.25. The van der Waals surface area contributed by atoms with Crippen LogP contribution in [0, 0.1) is 5.82 Å². The highest BCUT2D eigenvalue weighted by Crippen LogP contribution is 2.35. The second-order valence-corrected chi connectivity index (χ2v) is 9.03. The molecule has 2 N–H and O–H groups in total. The second kappa shape index (κ2) is 11.6. The molecule has 10 heteroatoms. The first-order valence-corrected chi connectivity index (χ1v) is 12.6. The normalized spacial score (nSPS) is 12.8. The van der Waals surface area contributed by atoms with E-state index < -0.39 is 5.82 Å². The quantitative estimate of drug-likeness (QED) is 0.275. The van der Waals surface area contributed by atoms with Crippen LogP contribution in [-0.4, -0.2) is 40.5 Å². The largest absolute Gasteiger partial charge is 0.494 e. The topological polar surface area (TPSA) is 99.7 Å². The van der Waals surface area contributed by atoms with Gasteiger partial charge in [-0.3, -0.25) is 4.79 Å². The van der Waals surface area contributed by atoms with Crippen LogP contribution in [-0.2, 0) is 17.8 Å². The Morgan fingerprint density at radius 2 is 1.95 bits per heavy atom. The van der Waals surface area contributed by atoms with Crippen molar-refractivity contribution >= 4 is 40.8 Å². The van der Waals surface area contributed by atoms with Gasteiger partial charge >= 0.3 is 6.03 Å². The average Bonchev–Trinajstić information content (AvgIpc) is 3.10. The van der Waals surface area contributed by atoms with Crippen LogP contribution in [0.1, 0.15) is 11.1 Å². The molecule has 0 radical (unpaired) electrons. The third-order valence-electron chi connectivity index (χ3n) is 6.35. The molecule has 1 aliphatic heterocycles. The molecule has 1 aliphatic rings. The zero-order valence-electron chi connectivity index (χ0n) is 21.8. The fourth-order valence-corrected chi connectivity index (χ4v) is 4.40. The summed E-state index contributed by atoms with van der Waals surface area (Å²) < 4.78 is 19.0. The summed E-state index contributed by atoms with van der Waals surface area (Å²) in [6, 6.07) is 20.5. The first-order valence-electron chi connectivity index (χ1n) is 12.6. The lowest BCUT2D eigenvalue weighted by atomic mass is 10.2. The van der Waals surface area contributed by atoms with Gasteiger partial charge in [0, 0.05) is 36.6 Å². The van der Waals surface area contributed by atoms with E-state index >= 15 is 0 Å². The van der Waals surface area contributed by atoms with Crippen LogP contribution in [0.25, 0.3) is 0 Å². The van der Waals surface area contributed by atoms with Crippen LogP contribution in [0.4, 0.5) is 38.0 Å². The molecular formula is C30H27FN6O3. The molecule has 9 nitrogen and oxygen atoms in total. The summed E-state index contributed by atoms with van der Waals surface area (Å²) in [4.78, 5) is 38.5. The Kier molecular flexibility index (Phi) is 7.68. The highest BCUT2D eigenvalue weighted by atomic mass is 19.1. The Labute approximate surface area is 230 Å². The third-order valence-corrected chi connectivity index (χ3v) is 6.35. The minimum atomic E-state index is -0.441. The first kappa shape index (κ1) is 26.4. The number of halogens is 1. The van der Waals surface area contributed by atoms with E-state index in [0.717, 1.165) is 11.1 Å². The van der Waals surface area contributed by atoms with Gasteiger partial charge in [0.1, 0.15) is 17.4 Å². The van der Waals surface area contributed by atoms with Gasteiger partial charge in [0.15, 0.2) is 0 Å². The number of anilines is 5. The Morgan fingerprint density at radius 1 is 1.12 bits per heavy atom. The van der Waals surface area contributed by atoms with Crippen molar-refractivity contribution < 1.29 is 18.7 Å². The summed E-state index contributed by atoms with van der Waals surface area (Å²) in [5.41, 5.74) is 3.23. The van der Waals surface area contributed by atoms with Crippen molar-refractivity contribution in [1.29, 1.82) is 0 Å². The van der Waals surface area contributed by atoms with Gasteiger partial charge in [-0.25, -0.2) is 19.1 Å². The van der Waals surface area contributed by atoms with Crippen molar-refractivity contribution in [3.05, 3.63) is 109 Å². The summed E-state index contributed by atoms with van der Waals surface area (Å²) in [6.07, 6.45) is 3.38. The number of aromatic nitrogens is 2. The number of carbonyl (C=O) groups is 2. The Bertz CT molecular complexity index is 1560. The lowest BCUT2D eigenvalue weighted by Crippen LogP contribution is -2.40. The van der Waals surface area contributed by atoms with Crippen molar-refractivity contribution in [3.8, 4) is 5.75 Å². The maximum absolute atomic E-state index is 14.1. The predicted molar refractivity (Wildman–Crippen MR) is 152 cm³/mol. The smallest absolute Gasteiger partial charge is 0.330 e. The molecule has 3 aromatic carbocycles. The van der Waals surface area contributed by atoms with E-state index in [1.54, 1.807) is 35.4 Å². The maximum atomic E-state index is 14.1. The minimum absolute atomic E-state index is 0.203. The van der Waals surface area contributed by atoms with Crippen molar-refractivity contribution in [2.75, 3.05) is 29.2 Å². The number of rotatable bonds is 8. The highest BCUT2D eigenvalue weighted by Gasteiger charge is 2.31. The average molecular weight is 539 g/mol. The number of hydrogen-bond acceptors (Lipinski definition) is 6. The zero-order valence-corrected chi connectivity index (χ0v) is 21.8. The molecule has 0 saturated heterocycles. The molecule has 2 heterocycles. The Balaban J connectivity index is 1.56. The molecule has 0 atom stereocenters. The zero-order chi connectivity index (χ0) is 28.1. The van der Waals surface area contributed by atoms with Crippen LogP contribution >= 0.6 is 0 Å². The van der Waals surface area contributed by atoms with Gasteiger partial charge in [-0.05, 0) is 48.4 Å². The second-order valence-electron chi connectivity index (χ2n) is 9.03. The molecule has 0 unspecified atom stereocenters. The standard InChI is InChI=1S/C30H27FN6O3/c1-3-27(38)33-23-10-7-11-24(17-23)37-28-21(14-15-36(30(37)39)19-20-8-5-4-6-9-20)18-32-29(35-28)34-25-13-12-22(31)16-26(25)40-2/h3-13,16-18H,1,14-15,19H2,2H3,(H,33,38)(H,32,34,35). The lowest BCUT2D eigenvalue weighted by molar-refractivity contribution is -0.111. The molecule has 1 aromatic heterocycles. The molecule has 5 rings (SSSR count). The van der Waals surface area contributed by atoms with Crippen molar-refractivity contribution in [1.82, 2.24) is 14.9 Å². The molecule has 202 valence electrons. The summed E-state index contributed by atoms with van der Waals surface area (Å²) in [7, 11) is 1.44. The molecule has 40 heavy (non-hydrogen) atoms. The van der Waals surface area contributed by atoms with Gasteiger partial charge in [0.2, 0.25) is 11.9 Å². The van der Waals surface area contributed by atoms with Gasteiger partial charge in [-0.1, -0.05) is 43.0 Å². The number of urea groups is 1. The van der Waals surface area contributed by atoms with E-state index in [9.17, 15) is 14.0 Å². The highest BCUT2D eigenvalue weighted by molar-refractivity contribution is 6.02. The SMILES string of the molecule is C=CC(=O)Nc1cccc(N2C(=O)N(Cc3ccccc3)CCc3cnc(Nc4ccc(F)cc4OC)nc32)c1. The van der Waals surface area contributed by atoms with Crippen LogP contribution < -0.4 is 20.3 Å².